The van der Waals surface area contributed by atoms with Gasteiger partial charge in [0.2, 0.25) is 0 Å². The number of hydrogen-bond acceptors (Lipinski definition) is 5. The molecule has 0 radical (unpaired) electrons. The van der Waals surface area contributed by atoms with Gasteiger partial charge in [0.1, 0.15) is 10.5 Å². The fourth-order valence-corrected chi connectivity index (χ4v) is 5.51. The normalized spacial score (nSPS) is 20.5. The lowest BCUT2D eigenvalue weighted by Gasteiger charge is -2.22. The zero-order chi connectivity index (χ0) is 17.3. The van der Waals surface area contributed by atoms with Crippen LogP contribution in [0.25, 0.3) is 22.9 Å². The van der Waals surface area contributed by atoms with Crippen molar-refractivity contribution < 1.29 is 13.0 Å². The van der Waals surface area contributed by atoms with Crippen molar-refractivity contribution >= 4 is 56.4 Å². The third-order valence-electron chi connectivity index (χ3n) is 4.80. The number of allylic oxidation sites excluding steroid dienone is 1. The molecule has 124 valence electrons. The fraction of sp³-hybridized carbons (Fsp3) is 0.111. The van der Waals surface area contributed by atoms with Crippen molar-refractivity contribution in [2.45, 2.75) is 11.1 Å². The first kappa shape index (κ1) is 14.9. The second kappa shape index (κ2) is 4.85. The fourth-order valence-electron chi connectivity index (χ4n) is 3.74. The Kier molecular flexibility index (Phi) is 2.90. The number of thiophene rings is 1. The molecular formula is C18H12N2O3S2. The number of aliphatic imine (C=N–C) groups is 2. The molecule has 1 aromatic heterocycles. The van der Waals surface area contributed by atoms with E-state index in [-0.39, 0.29) is 10.1 Å². The van der Waals surface area contributed by atoms with Crippen LogP contribution in [0.2, 0.25) is 0 Å². The lowest BCUT2D eigenvalue weighted by Crippen LogP contribution is -2.30. The molecule has 0 saturated heterocycles. The Hall–Kier alpha value is -2.35. The van der Waals surface area contributed by atoms with Crippen molar-refractivity contribution in [2.24, 2.45) is 15.9 Å². The number of benzene rings is 1. The zero-order valence-corrected chi connectivity index (χ0v) is 14.7. The van der Waals surface area contributed by atoms with Gasteiger partial charge in [-0.2, -0.15) is 8.42 Å². The smallest absolute Gasteiger partial charge is 0.281 e. The second-order valence-electron chi connectivity index (χ2n) is 6.17. The highest BCUT2D eigenvalue weighted by atomic mass is 32.3. The molecular weight excluding hydrogens is 356 g/mol. The predicted octanol–water partition coefficient (Wildman–Crippen LogP) is 1.94. The number of fused-ring (bicyclic) bond motifs is 2. The summed E-state index contributed by atoms with van der Waals surface area (Å²) in [5.41, 5.74) is 5.07. The van der Waals surface area contributed by atoms with E-state index in [2.05, 4.69) is 29.1 Å². The summed E-state index contributed by atoms with van der Waals surface area (Å²) in [6.07, 6.45) is 3.68. The molecule has 5 rings (SSSR count). The molecule has 0 bridgehead atoms. The molecule has 1 atom stereocenters. The number of nitrogens with zero attached hydrogens (tertiary/aromatic N) is 2. The molecule has 0 fully saturated rings. The Labute approximate surface area is 147 Å². The topological polar surface area (TPSA) is 79.1 Å². The standard InChI is InChI=1S/C18H12N2O3S2/c1-9-12(13-5-6-14(24-13)25(21,22)23)7-10-3-2-4-11-16(10)15(9)18-17(11)19-8-20-18/h2-9H,1H3,(H,21,22,23). The lowest BCUT2D eigenvalue weighted by atomic mass is 9.83. The minimum atomic E-state index is -4.19. The van der Waals surface area contributed by atoms with E-state index in [0.717, 1.165) is 49.6 Å². The van der Waals surface area contributed by atoms with Crippen LogP contribution in [0.4, 0.5) is 0 Å². The van der Waals surface area contributed by atoms with E-state index in [0.29, 0.717) is 0 Å². The monoisotopic (exact) mass is 368 g/mol. The van der Waals surface area contributed by atoms with Crippen molar-refractivity contribution in [3.63, 3.8) is 0 Å². The first-order chi connectivity index (χ1) is 11.9. The van der Waals surface area contributed by atoms with Crippen molar-refractivity contribution in [3.05, 3.63) is 51.2 Å². The van der Waals surface area contributed by atoms with Gasteiger partial charge in [-0.05, 0) is 40.1 Å². The minimum Gasteiger partial charge on any atom is -0.281 e. The van der Waals surface area contributed by atoms with Crippen LogP contribution in [-0.4, -0.2) is 25.0 Å². The van der Waals surface area contributed by atoms with E-state index in [1.165, 1.54) is 11.3 Å². The van der Waals surface area contributed by atoms with Crippen LogP contribution in [0.15, 0.2) is 44.5 Å². The first-order valence-corrected chi connectivity index (χ1v) is 9.99. The van der Waals surface area contributed by atoms with Crippen molar-refractivity contribution in [3.8, 4) is 0 Å². The van der Waals surface area contributed by atoms with Crippen molar-refractivity contribution in [1.82, 2.24) is 0 Å². The van der Waals surface area contributed by atoms with Gasteiger partial charge in [0.25, 0.3) is 0 Å². The highest BCUT2D eigenvalue weighted by Gasteiger charge is 2.33. The second-order valence-corrected chi connectivity index (χ2v) is 8.90. The molecule has 1 unspecified atom stereocenters. The van der Waals surface area contributed by atoms with Gasteiger partial charge in [-0.15, -0.1) is 11.3 Å². The highest BCUT2D eigenvalue weighted by molar-refractivity contribution is 7.88. The molecule has 25 heavy (non-hydrogen) atoms. The Balaban J connectivity index is 1.75. The highest BCUT2D eigenvalue weighted by Crippen LogP contribution is 2.40. The molecule has 2 aromatic rings. The lowest BCUT2D eigenvalue weighted by molar-refractivity contribution is 0.485. The number of rotatable bonds is 2. The van der Waals surface area contributed by atoms with E-state index in [4.69, 9.17) is 0 Å². The van der Waals surface area contributed by atoms with Gasteiger partial charge in [-0.1, -0.05) is 25.1 Å². The Morgan fingerprint density at radius 2 is 2.04 bits per heavy atom. The Morgan fingerprint density at radius 1 is 1.20 bits per heavy atom. The molecule has 2 heterocycles. The SMILES string of the molecule is CC1C(c2ccc(S(=O)(=O)O)s2)=Cc2cccc3c2=C1C1=NC=NC=31. The van der Waals surface area contributed by atoms with Gasteiger partial charge < -0.3 is 0 Å². The summed E-state index contributed by atoms with van der Waals surface area (Å²) in [4.78, 5) is 9.69. The largest absolute Gasteiger partial charge is 0.304 e. The molecule has 2 aliphatic carbocycles. The van der Waals surface area contributed by atoms with Gasteiger partial charge >= 0.3 is 10.1 Å². The summed E-state index contributed by atoms with van der Waals surface area (Å²) in [6.45, 7) is 2.09. The minimum absolute atomic E-state index is 0.0413. The van der Waals surface area contributed by atoms with E-state index >= 15 is 0 Å². The molecule has 1 aromatic carbocycles. The van der Waals surface area contributed by atoms with Gasteiger partial charge in [0.15, 0.2) is 0 Å². The van der Waals surface area contributed by atoms with Gasteiger partial charge in [0.05, 0.1) is 11.4 Å². The van der Waals surface area contributed by atoms with Crippen LogP contribution in [0.1, 0.15) is 17.4 Å². The quantitative estimate of drug-likeness (QED) is 0.823. The molecule has 3 aliphatic rings. The summed E-state index contributed by atoms with van der Waals surface area (Å²) >= 11 is 1.08. The summed E-state index contributed by atoms with van der Waals surface area (Å²) < 4.78 is 32.0. The molecule has 1 N–H and O–H groups in total. The van der Waals surface area contributed by atoms with Crippen LogP contribution in [0, 0.1) is 5.92 Å². The number of hydrogen-bond donors (Lipinski definition) is 1. The first-order valence-electron chi connectivity index (χ1n) is 7.73. The molecule has 1 aliphatic heterocycles. The maximum Gasteiger partial charge on any atom is 0.304 e. The van der Waals surface area contributed by atoms with Crippen LogP contribution >= 0.6 is 11.3 Å². The Bertz CT molecular complexity index is 1280. The maximum atomic E-state index is 11.4. The zero-order valence-electron chi connectivity index (χ0n) is 13.1. The summed E-state index contributed by atoms with van der Waals surface area (Å²) in [6, 6.07) is 9.30. The van der Waals surface area contributed by atoms with Gasteiger partial charge in [0, 0.05) is 16.0 Å². The van der Waals surface area contributed by atoms with Crippen LogP contribution in [0.5, 0.6) is 0 Å². The van der Waals surface area contributed by atoms with Crippen LogP contribution in [0.3, 0.4) is 0 Å². The summed E-state index contributed by atoms with van der Waals surface area (Å²) in [5.74, 6) is 0.0551. The van der Waals surface area contributed by atoms with Crippen LogP contribution in [-0.2, 0) is 10.1 Å². The predicted molar refractivity (Wildman–Crippen MR) is 99.6 cm³/mol. The van der Waals surface area contributed by atoms with E-state index in [9.17, 15) is 13.0 Å². The average Bonchev–Trinajstić information content (AvgIpc) is 3.26. The van der Waals surface area contributed by atoms with E-state index < -0.39 is 10.1 Å². The third kappa shape index (κ3) is 2.00. The maximum absolute atomic E-state index is 11.4. The van der Waals surface area contributed by atoms with Gasteiger partial charge in [-0.25, -0.2) is 9.98 Å². The van der Waals surface area contributed by atoms with Crippen molar-refractivity contribution in [1.29, 1.82) is 0 Å². The third-order valence-corrected chi connectivity index (χ3v) is 7.26. The van der Waals surface area contributed by atoms with Crippen molar-refractivity contribution in [2.75, 3.05) is 0 Å². The summed E-state index contributed by atoms with van der Waals surface area (Å²) in [5, 5.41) is 2.28. The van der Waals surface area contributed by atoms with Crippen LogP contribution < -0.4 is 10.4 Å². The molecule has 5 nitrogen and oxygen atoms in total. The van der Waals surface area contributed by atoms with E-state index in [1.807, 2.05) is 12.1 Å². The molecule has 0 spiro atoms. The average molecular weight is 368 g/mol. The Morgan fingerprint density at radius 3 is 2.80 bits per heavy atom. The molecule has 0 amide bonds. The van der Waals surface area contributed by atoms with Gasteiger partial charge in [-0.3, -0.25) is 4.55 Å². The van der Waals surface area contributed by atoms with E-state index in [1.54, 1.807) is 12.4 Å². The summed E-state index contributed by atoms with van der Waals surface area (Å²) in [7, 11) is -4.19. The molecule has 0 saturated carbocycles. The molecule has 7 heteroatoms.